The lowest BCUT2D eigenvalue weighted by Crippen LogP contribution is -2.33. The van der Waals surface area contributed by atoms with Gasteiger partial charge in [0.05, 0.1) is 7.11 Å². The fourth-order valence-electron chi connectivity index (χ4n) is 2.96. The van der Waals surface area contributed by atoms with Gasteiger partial charge in [0.2, 0.25) is 5.91 Å². The van der Waals surface area contributed by atoms with Crippen LogP contribution in [0.15, 0.2) is 18.2 Å². The topological polar surface area (TPSA) is 75.6 Å². The van der Waals surface area contributed by atoms with Gasteiger partial charge in [-0.3, -0.25) is 4.79 Å². The van der Waals surface area contributed by atoms with Crippen molar-refractivity contribution in [2.24, 2.45) is 5.41 Å². The van der Waals surface area contributed by atoms with Gasteiger partial charge in [0.25, 0.3) is 0 Å². The van der Waals surface area contributed by atoms with E-state index in [1.54, 1.807) is 12.1 Å². The SMILES string of the molecule is COc1cc(NC(=O)C2(C)CCCCCC2)ccc1C(=O)O. The molecule has 1 fully saturated rings. The quantitative estimate of drug-likeness (QED) is 0.832. The van der Waals surface area contributed by atoms with Crippen LogP contribution in [0.2, 0.25) is 0 Å². The molecule has 120 valence electrons. The van der Waals surface area contributed by atoms with Crippen molar-refractivity contribution >= 4 is 17.6 Å². The van der Waals surface area contributed by atoms with Crippen molar-refractivity contribution in [3.8, 4) is 5.75 Å². The predicted octanol–water partition coefficient (Wildman–Crippen LogP) is 3.69. The molecule has 2 rings (SSSR count). The molecule has 1 saturated carbocycles. The average Bonchev–Trinajstić information content (AvgIpc) is 2.72. The third-order valence-corrected chi connectivity index (χ3v) is 4.45. The van der Waals surface area contributed by atoms with Crippen LogP contribution < -0.4 is 10.1 Å². The normalized spacial score (nSPS) is 17.4. The second kappa shape index (κ2) is 6.81. The number of carbonyl (C=O) groups excluding carboxylic acids is 1. The van der Waals surface area contributed by atoms with Gasteiger partial charge in [0, 0.05) is 17.2 Å². The molecular formula is C17H23NO4. The van der Waals surface area contributed by atoms with Crippen molar-refractivity contribution in [3.05, 3.63) is 23.8 Å². The Balaban J connectivity index is 2.15. The Kier molecular flexibility index (Phi) is 5.06. The first-order chi connectivity index (χ1) is 10.5. The molecule has 0 saturated heterocycles. The number of carboxylic acid groups (broad SMARTS) is 1. The maximum atomic E-state index is 12.6. The zero-order valence-electron chi connectivity index (χ0n) is 13.1. The molecule has 5 heteroatoms. The number of nitrogens with one attached hydrogen (secondary N) is 1. The third-order valence-electron chi connectivity index (χ3n) is 4.45. The highest BCUT2D eigenvalue weighted by molar-refractivity contribution is 5.97. The molecule has 0 heterocycles. The first-order valence-electron chi connectivity index (χ1n) is 7.69. The Morgan fingerprint density at radius 2 is 1.82 bits per heavy atom. The molecule has 22 heavy (non-hydrogen) atoms. The number of hydrogen-bond donors (Lipinski definition) is 2. The summed E-state index contributed by atoms with van der Waals surface area (Å²) in [6.07, 6.45) is 6.30. The summed E-state index contributed by atoms with van der Waals surface area (Å²) in [5.74, 6) is -0.804. The van der Waals surface area contributed by atoms with Crippen LogP contribution in [0.3, 0.4) is 0 Å². The lowest BCUT2D eigenvalue weighted by Gasteiger charge is -2.26. The summed E-state index contributed by atoms with van der Waals surface area (Å²) < 4.78 is 5.09. The Labute approximate surface area is 130 Å². The number of ether oxygens (including phenoxy) is 1. The molecule has 1 aliphatic carbocycles. The van der Waals surface area contributed by atoms with E-state index in [1.807, 2.05) is 6.92 Å². The van der Waals surface area contributed by atoms with Crippen molar-refractivity contribution in [2.75, 3.05) is 12.4 Å². The fourth-order valence-corrected chi connectivity index (χ4v) is 2.96. The fraction of sp³-hybridized carbons (Fsp3) is 0.529. The second-order valence-corrected chi connectivity index (χ2v) is 6.15. The Hall–Kier alpha value is -2.04. The highest BCUT2D eigenvalue weighted by atomic mass is 16.5. The van der Waals surface area contributed by atoms with Crippen molar-refractivity contribution in [3.63, 3.8) is 0 Å². The van der Waals surface area contributed by atoms with Crippen LogP contribution in [0.1, 0.15) is 55.8 Å². The number of benzene rings is 1. The highest BCUT2D eigenvalue weighted by Gasteiger charge is 2.33. The number of aromatic carboxylic acids is 1. The summed E-state index contributed by atoms with van der Waals surface area (Å²) in [5, 5.41) is 12.0. The molecule has 0 aromatic heterocycles. The molecule has 0 aliphatic heterocycles. The van der Waals surface area contributed by atoms with Gasteiger partial charge < -0.3 is 15.2 Å². The summed E-state index contributed by atoms with van der Waals surface area (Å²) >= 11 is 0. The molecule has 5 nitrogen and oxygen atoms in total. The van der Waals surface area contributed by atoms with Crippen LogP contribution in [-0.4, -0.2) is 24.1 Å². The number of anilines is 1. The smallest absolute Gasteiger partial charge is 0.339 e. The van der Waals surface area contributed by atoms with Crippen molar-refractivity contribution in [2.45, 2.75) is 45.4 Å². The van der Waals surface area contributed by atoms with Crippen LogP contribution in [0, 0.1) is 5.41 Å². The molecule has 0 unspecified atom stereocenters. The lowest BCUT2D eigenvalue weighted by atomic mass is 9.81. The maximum absolute atomic E-state index is 12.6. The van der Waals surface area contributed by atoms with E-state index in [4.69, 9.17) is 9.84 Å². The first-order valence-corrected chi connectivity index (χ1v) is 7.69. The minimum absolute atomic E-state index is 0.000437. The van der Waals surface area contributed by atoms with E-state index in [-0.39, 0.29) is 22.6 Å². The van der Waals surface area contributed by atoms with Gasteiger partial charge in [-0.1, -0.05) is 32.6 Å². The summed E-state index contributed by atoms with van der Waals surface area (Å²) in [4.78, 5) is 23.7. The van der Waals surface area contributed by atoms with E-state index in [2.05, 4.69) is 5.32 Å². The number of amides is 1. The van der Waals surface area contributed by atoms with E-state index in [0.717, 1.165) is 25.7 Å². The van der Waals surface area contributed by atoms with Gasteiger partial charge in [-0.15, -0.1) is 0 Å². The summed E-state index contributed by atoms with van der Waals surface area (Å²) in [7, 11) is 1.42. The largest absolute Gasteiger partial charge is 0.496 e. The number of hydrogen-bond acceptors (Lipinski definition) is 3. The van der Waals surface area contributed by atoms with Gasteiger partial charge in [0.15, 0.2) is 0 Å². The number of methoxy groups -OCH3 is 1. The van der Waals surface area contributed by atoms with E-state index >= 15 is 0 Å². The van der Waals surface area contributed by atoms with Gasteiger partial charge in [-0.05, 0) is 25.0 Å². The molecule has 0 bridgehead atoms. The lowest BCUT2D eigenvalue weighted by molar-refractivity contribution is -0.125. The minimum Gasteiger partial charge on any atom is -0.496 e. The molecule has 1 aliphatic rings. The van der Waals surface area contributed by atoms with Crippen LogP contribution >= 0.6 is 0 Å². The average molecular weight is 305 g/mol. The van der Waals surface area contributed by atoms with E-state index in [0.29, 0.717) is 5.69 Å². The zero-order chi connectivity index (χ0) is 16.2. The second-order valence-electron chi connectivity index (χ2n) is 6.15. The zero-order valence-corrected chi connectivity index (χ0v) is 13.1. The number of carboxylic acids is 1. The highest BCUT2D eigenvalue weighted by Crippen LogP contribution is 2.36. The van der Waals surface area contributed by atoms with E-state index < -0.39 is 5.97 Å². The standard InChI is InChI=1S/C17H23NO4/c1-17(9-5-3-4-6-10-17)16(21)18-12-7-8-13(15(19)20)14(11-12)22-2/h7-8,11H,3-6,9-10H2,1-2H3,(H,18,21)(H,19,20). The summed E-state index contributed by atoms with van der Waals surface area (Å²) in [6, 6.07) is 4.61. The van der Waals surface area contributed by atoms with Crippen molar-refractivity contribution in [1.82, 2.24) is 0 Å². The molecule has 0 radical (unpaired) electrons. The van der Waals surface area contributed by atoms with Crippen molar-refractivity contribution in [1.29, 1.82) is 0 Å². The Morgan fingerprint density at radius 3 is 2.36 bits per heavy atom. The molecule has 1 amide bonds. The minimum atomic E-state index is -1.05. The van der Waals surface area contributed by atoms with Crippen molar-refractivity contribution < 1.29 is 19.4 Å². The molecule has 0 spiro atoms. The Morgan fingerprint density at radius 1 is 1.18 bits per heavy atom. The predicted molar refractivity (Wildman–Crippen MR) is 84.4 cm³/mol. The summed E-state index contributed by atoms with van der Waals surface area (Å²) in [6.45, 7) is 2.01. The molecule has 1 aromatic rings. The molecule has 2 N–H and O–H groups in total. The first kappa shape index (κ1) is 16.3. The van der Waals surface area contributed by atoms with Crippen LogP contribution in [0.25, 0.3) is 0 Å². The number of carbonyl (C=O) groups is 2. The summed E-state index contributed by atoms with van der Waals surface area (Å²) in [5.41, 5.74) is 0.299. The van der Waals surface area contributed by atoms with E-state index in [1.165, 1.54) is 26.0 Å². The third kappa shape index (κ3) is 3.59. The maximum Gasteiger partial charge on any atom is 0.339 e. The van der Waals surface area contributed by atoms with Gasteiger partial charge >= 0.3 is 5.97 Å². The Bertz CT molecular complexity index is 560. The van der Waals surface area contributed by atoms with Crippen LogP contribution in [-0.2, 0) is 4.79 Å². The number of rotatable bonds is 4. The monoisotopic (exact) mass is 305 g/mol. The van der Waals surface area contributed by atoms with Gasteiger partial charge in [-0.25, -0.2) is 4.79 Å². The van der Waals surface area contributed by atoms with Crippen LogP contribution in [0.5, 0.6) is 5.75 Å². The van der Waals surface area contributed by atoms with Crippen LogP contribution in [0.4, 0.5) is 5.69 Å². The molecular weight excluding hydrogens is 282 g/mol. The van der Waals surface area contributed by atoms with E-state index in [9.17, 15) is 9.59 Å². The molecule has 1 aromatic carbocycles. The van der Waals surface area contributed by atoms with Gasteiger partial charge in [0.1, 0.15) is 11.3 Å². The van der Waals surface area contributed by atoms with Gasteiger partial charge in [-0.2, -0.15) is 0 Å². The molecule has 0 atom stereocenters.